The van der Waals surface area contributed by atoms with E-state index >= 15 is 0 Å². The Morgan fingerprint density at radius 1 is 1.15 bits per heavy atom. The Kier molecular flexibility index (Phi) is 15.6. The highest BCUT2D eigenvalue weighted by Gasteiger charge is 2.27. The number of halogens is 1. The summed E-state index contributed by atoms with van der Waals surface area (Å²) in [5.41, 5.74) is 0.225. The minimum atomic E-state index is -0.612. The van der Waals surface area contributed by atoms with Crippen LogP contribution >= 0.6 is 11.6 Å². The molecule has 1 heterocycles. The topological polar surface area (TPSA) is 112 Å². The number of pyridine rings is 1. The number of benzene rings is 1. The highest BCUT2D eigenvalue weighted by atomic mass is 35.5. The molecule has 10 heteroatoms. The second-order valence-corrected chi connectivity index (χ2v) is 8.33. The first kappa shape index (κ1) is 34.1. The first-order chi connectivity index (χ1) is 19.3. The number of methoxy groups -OCH3 is 3. The van der Waals surface area contributed by atoms with E-state index in [0.717, 1.165) is 0 Å². The quantitative estimate of drug-likeness (QED) is 0.0761. The fourth-order valence-electron chi connectivity index (χ4n) is 3.56. The van der Waals surface area contributed by atoms with Crippen LogP contribution < -0.4 is 15.0 Å². The zero-order valence-corrected chi connectivity index (χ0v) is 24.3. The third-order valence-electron chi connectivity index (χ3n) is 5.42. The van der Waals surface area contributed by atoms with Crippen molar-refractivity contribution < 1.29 is 28.8 Å². The molecule has 0 aliphatic carbocycles. The highest BCUT2D eigenvalue weighted by molar-refractivity contribution is 6.31. The lowest BCUT2D eigenvalue weighted by atomic mass is 9.98. The van der Waals surface area contributed by atoms with Crippen LogP contribution in [0.1, 0.15) is 31.0 Å². The Hall–Kier alpha value is -3.97. The second kappa shape index (κ2) is 18.3. The predicted octanol–water partition coefficient (Wildman–Crippen LogP) is 5.56. The van der Waals surface area contributed by atoms with Crippen molar-refractivity contribution in [2.24, 2.45) is 4.99 Å². The minimum absolute atomic E-state index is 0.0176. The number of aromatic amines is 1. The number of rotatable bonds is 14. The molecule has 0 bridgehead atoms. The molecule has 0 amide bonds. The summed E-state index contributed by atoms with van der Waals surface area (Å²) in [5, 5.41) is 12.1. The standard InChI is InChI=1S/C28H35ClN2O7.C2H2/c1-7-19(29)12-9-8-11-18(2)38-28(30-3)25-26(32)23(20(31-27(25)33)17-37-16-15-34-4)24-21(35-5)13-10-14-22(24)36-6;1-2/h7,9-10,12-14H,2,8,11,15-17H2,1,3-6H3,(H2,31,32,33);1-2H/b12-9-,19-7+,30-28?;. The first-order valence-corrected chi connectivity index (χ1v) is 12.6. The molecule has 0 saturated heterocycles. The van der Waals surface area contributed by atoms with E-state index in [0.29, 0.717) is 53.0 Å². The lowest BCUT2D eigenvalue weighted by Crippen LogP contribution is -2.23. The van der Waals surface area contributed by atoms with Crippen molar-refractivity contribution in [1.29, 1.82) is 0 Å². The molecule has 0 spiro atoms. The monoisotopic (exact) mass is 572 g/mol. The van der Waals surface area contributed by atoms with Crippen LogP contribution in [0.3, 0.4) is 0 Å². The average molecular weight is 573 g/mol. The number of nitrogens with one attached hydrogen (secondary N) is 1. The van der Waals surface area contributed by atoms with Crippen LogP contribution in [0.4, 0.5) is 0 Å². The molecule has 2 N–H and O–H groups in total. The van der Waals surface area contributed by atoms with Gasteiger partial charge in [0.05, 0.1) is 56.6 Å². The van der Waals surface area contributed by atoms with Crippen molar-refractivity contribution >= 4 is 17.5 Å². The summed E-state index contributed by atoms with van der Waals surface area (Å²) in [4.78, 5) is 20.1. The van der Waals surface area contributed by atoms with Gasteiger partial charge in [-0.2, -0.15) is 0 Å². The van der Waals surface area contributed by atoms with Gasteiger partial charge in [-0.05, 0) is 31.6 Å². The summed E-state index contributed by atoms with van der Waals surface area (Å²) < 4.78 is 27.6. The summed E-state index contributed by atoms with van der Waals surface area (Å²) in [6, 6.07) is 5.19. The van der Waals surface area contributed by atoms with E-state index in [1.165, 1.54) is 21.3 Å². The van der Waals surface area contributed by atoms with Gasteiger partial charge in [-0.3, -0.25) is 9.79 Å². The van der Waals surface area contributed by atoms with Crippen molar-refractivity contribution in [3.63, 3.8) is 0 Å². The van der Waals surface area contributed by atoms with Crippen LogP contribution in [0.2, 0.25) is 0 Å². The van der Waals surface area contributed by atoms with Gasteiger partial charge in [0.15, 0.2) is 0 Å². The number of aliphatic imine (C=N–C) groups is 1. The minimum Gasteiger partial charge on any atom is -0.506 e. The van der Waals surface area contributed by atoms with E-state index in [1.54, 1.807) is 37.5 Å². The Morgan fingerprint density at radius 3 is 2.35 bits per heavy atom. The molecule has 2 rings (SSSR count). The van der Waals surface area contributed by atoms with Gasteiger partial charge in [0.25, 0.3) is 5.56 Å². The Labute approximate surface area is 240 Å². The lowest BCUT2D eigenvalue weighted by Gasteiger charge is -2.20. The van der Waals surface area contributed by atoms with Gasteiger partial charge in [0.1, 0.15) is 22.8 Å². The van der Waals surface area contributed by atoms with E-state index in [-0.39, 0.29) is 36.0 Å². The largest absolute Gasteiger partial charge is 0.506 e. The van der Waals surface area contributed by atoms with Crippen LogP contribution in [0.15, 0.2) is 63.6 Å². The fraction of sp³-hybridized carbons (Fsp3) is 0.333. The van der Waals surface area contributed by atoms with Gasteiger partial charge >= 0.3 is 0 Å². The molecule has 216 valence electrons. The maximum Gasteiger partial charge on any atom is 0.264 e. The number of aromatic nitrogens is 1. The molecule has 40 heavy (non-hydrogen) atoms. The number of ether oxygens (including phenoxy) is 5. The van der Waals surface area contributed by atoms with Crippen LogP contribution in [0.5, 0.6) is 17.2 Å². The van der Waals surface area contributed by atoms with Crippen molar-refractivity contribution in [2.75, 3.05) is 41.6 Å². The summed E-state index contributed by atoms with van der Waals surface area (Å²) in [6.45, 7) is 6.39. The van der Waals surface area contributed by atoms with E-state index in [9.17, 15) is 9.90 Å². The molecule has 2 aromatic rings. The summed E-state index contributed by atoms with van der Waals surface area (Å²) in [5.74, 6) is 0.737. The van der Waals surface area contributed by atoms with E-state index < -0.39 is 5.56 Å². The molecule has 0 fully saturated rings. The van der Waals surface area contributed by atoms with Crippen molar-refractivity contribution in [3.8, 4) is 41.2 Å². The SMILES string of the molecule is C#C.C=C(CC/C=C\C(Cl)=C/C)OC(=NC)c1c(O)c(-c2c(OC)cccc2OC)c(COCCOC)[nH]c1=O. The Balaban J connectivity index is 0.00000391. The number of H-pyrrole nitrogens is 1. The van der Waals surface area contributed by atoms with Gasteiger partial charge in [-0.25, -0.2) is 0 Å². The van der Waals surface area contributed by atoms with E-state index in [4.69, 9.17) is 35.3 Å². The van der Waals surface area contributed by atoms with Crippen molar-refractivity contribution in [3.05, 3.63) is 75.4 Å². The van der Waals surface area contributed by atoms with Crippen LogP contribution in [-0.4, -0.2) is 57.6 Å². The smallest absolute Gasteiger partial charge is 0.264 e. The normalized spacial score (nSPS) is 11.6. The van der Waals surface area contributed by atoms with E-state index in [1.807, 2.05) is 13.0 Å². The number of allylic oxidation sites excluding steroid dienone is 5. The molecule has 0 unspecified atom stereocenters. The molecule has 9 nitrogen and oxygen atoms in total. The Bertz CT molecular complexity index is 1270. The summed E-state index contributed by atoms with van der Waals surface area (Å²) in [7, 11) is 6.02. The molecule has 0 saturated carbocycles. The van der Waals surface area contributed by atoms with Crippen molar-refractivity contribution in [1.82, 2.24) is 4.98 Å². The first-order valence-electron chi connectivity index (χ1n) is 12.2. The van der Waals surface area contributed by atoms with E-state index in [2.05, 4.69) is 29.4 Å². The molecule has 1 aromatic heterocycles. The van der Waals surface area contributed by atoms with Crippen molar-refractivity contribution in [2.45, 2.75) is 26.4 Å². The predicted molar refractivity (Wildman–Crippen MR) is 159 cm³/mol. The van der Waals surface area contributed by atoms with Gasteiger partial charge in [0, 0.05) is 25.6 Å². The van der Waals surface area contributed by atoms with Gasteiger partial charge in [-0.1, -0.05) is 36.4 Å². The Morgan fingerprint density at radius 2 is 1.80 bits per heavy atom. The number of nitrogens with zero attached hydrogens (tertiary/aromatic N) is 1. The second-order valence-electron chi connectivity index (χ2n) is 7.90. The number of hydrogen-bond acceptors (Lipinski definition) is 8. The van der Waals surface area contributed by atoms with Gasteiger partial charge < -0.3 is 33.8 Å². The molecule has 0 aliphatic heterocycles. The summed E-state index contributed by atoms with van der Waals surface area (Å²) >= 11 is 5.97. The maximum absolute atomic E-state index is 13.2. The molecular formula is C30H37ClN2O7. The lowest BCUT2D eigenvalue weighted by molar-refractivity contribution is 0.0602. The number of terminal acetylenes is 1. The highest BCUT2D eigenvalue weighted by Crippen LogP contribution is 2.44. The van der Waals surface area contributed by atoms with Gasteiger partial charge in [0.2, 0.25) is 5.90 Å². The number of aromatic hydroxyl groups is 1. The molecule has 0 aliphatic rings. The summed E-state index contributed by atoms with van der Waals surface area (Å²) in [6.07, 6.45) is 14.5. The average Bonchev–Trinajstić information content (AvgIpc) is 2.97. The number of hydrogen-bond donors (Lipinski definition) is 2. The third kappa shape index (κ3) is 9.35. The maximum atomic E-state index is 13.2. The molecular weight excluding hydrogens is 536 g/mol. The molecule has 1 aromatic carbocycles. The molecule has 0 radical (unpaired) electrons. The van der Waals surface area contributed by atoms with Crippen LogP contribution in [0.25, 0.3) is 11.1 Å². The zero-order valence-electron chi connectivity index (χ0n) is 23.6. The third-order valence-corrected chi connectivity index (χ3v) is 5.77. The molecule has 0 atom stereocenters. The van der Waals surface area contributed by atoms with Gasteiger partial charge in [-0.15, -0.1) is 12.8 Å². The van der Waals surface area contributed by atoms with Crippen LogP contribution in [-0.2, 0) is 20.8 Å². The zero-order chi connectivity index (χ0) is 30.1. The van der Waals surface area contributed by atoms with Crippen LogP contribution in [0, 0.1) is 12.8 Å². The fourth-order valence-corrected chi connectivity index (χ4v) is 3.65.